The Balaban J connectivity index is 1.92. The first-order valence-corrected chi connectivity index (χ1v) is 8.58. The number of carboxylic acids is 1. The van der Waals surface area contributed by atoms with Crippen LogP contribution in [0.25, 0.3) is 0 Å². The van der Waals surface area contributed by atoms with Crippen molar-refractivity contribution >= 4 is 21.9 Å². The van der Waals surface area contributed by atoms with Crippen LogP contribution in [0, 0.1) is 0 Å². The van der Waals surface area contributed by atoms with Gasteiger partial charge in [-0.15, -0.1) is 0 Å². The van der Waals surface area contributed by atoms with Gasteiger partial charge in [0.15, 0.2) is 0 Å². The number of aromatic nitrogens is 1. The van der Waals surface area contributed by atoms with E-state index in [9.17, 15) is 9.90 Å². The molecule has 4 nitrogen and oxygen atoms in total. The van der Waals surface area contributed by atoms with Crippen molar-refractivity contribution < 1.29 is 9.90 Å². The zero-order chi connectivity index (χ0) is 16.2. The van der Waals surface area contributed by atoms with E-state index in [-0.39, 0.29) is 6.04 Å². The SMILES string of the molecule is O=C(O)C1CCCN1C(Cc1ccccn1)c1ccc(Br)cc1. The molecule has 0 spiro atoms. The number of hydrogen-bond donors (Lipinski definition) is 1. The molecule has 0 aliphatic carbocycles. The second kappa shape index (κ2) is 7.23. The second-order valence-corrected chi connectivity index (χ2v) is 6.74. The van der Waals surface area contributed by atoms with E-state index in [0.717, 1.165) is 28.7 Å². The van der Waals surface area contributed by atoms with Gasteiger partial charge in [0, 0.05) is 28.8 Å². The van der Waals surface area contributed by atoms with Crippen LogP contribution in [0.4, 0.5) is 0 Å². The van der Waals surface area contributed by atoms with Crippen molar-refractivity contribution in [3.63, 3.8) is 0 Å². The van der Waals surface area contributed by atoms with Crippen molar-refractivity contribution in [3.05, 3.63) is 64.4 Å². The smallest absolute Gasteiger partial charge is 0.320 e. The monoisotopic (exact) mass is 374 g/mol. The number of hydrogen-bond acceptors (Lipinski definition) is 3. The summed E-state index contributed by atoms with van der Waals surface area (Å²) < 4.78 is 1.02. The number of carbonyl (C=O) groups is 1. The molecule has 3 rings (SSSR count). The largest absolute Gasteiger partial charge is 0.480 e. The maximum Gasteiger partial charge on any atom is 0.320 e. The molecule has 1 saturated heterocycles. The third kappa shape index (κ3) is 3.79. The average Bonchev–Trinajstić information content (AvgIpc) is 3.04. The predicted molar refractivity (Wildman–Crippen MR) is 92.2 cm³/mol. The second-order valence-electron chi connectivity index (χ2n) is 5.83. The molecule has 1 aliphatic rings. The van der Waals surface area contributed by atoms with E-state index >= 15 is 0 Å². The van der Waals surface area contributed by atoms with Crippen LogP contribution in [0.1, 0.15) is 30.1 Å². The van der Waals surface area contributed by atoms with Gasteiger partial charge in [-0.25, -0.2) is 0 Å². The molecule has 1 fully saturated rings. The first-order valence-electron chi connectivity index (χ1n) is 7.79. The molecule has 5 heteroatoms. The summed E-state index contributed by atoms with van der Waals surface area (Å²) in [5.74, 6) is -0.731. The molecule has 1 aromatic heterocycles. The van der Waals surface area contributed by atoms with Gasteiger partial charge in [0.05, 0.1) is 0 Å². The van der Waals surface area contributed by atoms with E-state index in [2.05, 4.69) is 37.9 Å². The zero-order valence-corrected chi connectivity index (χ0v) is 14.3. The van der Waals surface area contributed by atoms with E-state index in [1.54, 1.807) is 6.20 Å². The first kappa shape index (κ1) is 16.1. The fourth-order valence-corrected chi connectivity index (χ4v) is 3.52. The molecule has 1 aromatic carbocycles. The number of carboxylic acid groups (broad SMARTS) is 1. The number of benzene rings is 1. The number of rotatable bonds is 5. The van der Waals surface area contributed by atoms with Crippen LogP contribution in [0.5, 0.6) is 0 Å². The highest BCUT2D eigenvalue weighted by atomic mass is 79.9. The topological polar surface area (TPSA) is 53.4 Å². The molecule has 2 heterocycles. The minimum Gasteiger partial charge on any atom is -0.480 e. The fourth-order valence-electron chi connectivity index (χ4n) is 3.26. The number of nitrogens with zero attached hydrogens (tertiary/aromatic N) is 2. The van der Waals surface area contributed by atoms with Gasteiger partial charge < -0.3 is 5.11 Å². The zero-order valence-electron chi connectivity index (χ0n) is 12.7. The van der Waals surface area contributed by atoms with Crippen molar-refractivity contribution in [2.45, 2.75) is 31.3 Å². The van der Waals surface area contributed by atoms with Crippen molar-refractivity contribution in [2.24, 2.45) is 0 Å². The molecule has 0 saturated carbocycles. The molecule has 2 unspecified atom stereocenters. The van der Waals surface area contributed by atoms with Gasteiger partial charge in [-0.05, 0) is 49.2 Å². The Morgan fingerprint density at radius 1 is 1.30 bits per heavy atom. The van der Waals surface area contributed by atoms with Crippen LogP contribution < -0.4 is 0 Å². The van der Waals surface area contributed by atoms with E-state index in [1.807, 2.05) is 30.3 Å². The van der Waals surface area contributed by atoms with E-state index < -0.39 is 12.0 Å². The lowest BCUT2D eigenvalue weighted by Crippen LogP contribution is -2.39. The predicted octanol–water partition coefficient (Wildman–Crippen LogP) is 3.68. The third-order valence-corrected chi connectivity index (χ3v) is 4.89. The van der Waals surface area contributed by atoms with Crippen LogP contribution in [-0.4, -0.2) is 33.5 Å². The summed E-state index contributed by atoms with van der Waals surface area (Å²) in [6.45, 7) is 0.810. The highest BCUT2D eigenvalue weighted by Gasteiger charge is 2.36. The molecule has 0 amide bonds. The summed E-state index contributed by atoms with van der Waals surface area (Å²) in [4.78, 5) is 18.1. The van der Waals surface area contributed by atoms with Crippen LogP contribution in [0.3, 0.4) is 0 Å². The Morgan fingerprint density at radius 2 is 2.09 bits per heavy atom. The highest BCUT2D eigenvalue weighted by Crippen LogP contribution is 2.32. The van der Waals surface area contributed by atoms with Gasteiger partial charge in [0.25, 0.3) is 0 Å². The molecule has 2 aromatic rings. The van der Waals surface area contributed by atoms with Crippen LogP contribution in [-0.2, 0) is 11.2 Å². The summed E-state index contributed by atoms with van der Waals surface area (Å²) in [7, 11) is 0. The molecule has 0 radical (unpaired) electrons. The minimum atomic E-state index is -0.731. The molecule has 1 N–H and O–H groups in total. The number of halogens is 1. The van der Waals surface area contributed by atoms with Gasteiger partial charge >= 0.3 is 5.97 Å². The Hall–Kier alpha value is -1.72. The quantitative estimate of drug-likeness (QED) is 0.866. The molecule has 120 valence electrons. The third-order valence-electron chi connectivity index (χ3n) is 4.36. The molecule has 1 aliphatic heterocycles. The molecule has 0 bridgehead atoms. The maximum atomic E-state index is 11.6. The number of aliphatic carboxylic acids is 1. The van der Waals surface area contributed by atoms with Gasteiger partial charge in [-0.1, -0.05) is 34.1 Å². The van der Waals surface area contributed by atoms with Gasteiger partial charge in [-0.2, -0.15) is 0 Å². The van der Waals surface area contributed by atoms with Crippen LogP contribution in [0.2, 0.25) is 0 Å². The van der Waals surface area contributed by atoms with Gasteiger partial charge in [0.2, 0.25) is 0 Å². The summed E-state index contributed by atoms with van der Waals surface area (Å²) in [5, 5.41) is 9.52. The highest BCUT2D eigenvalue weighted by molar-refractivity contribution is 9.10. The van der Waals surface area contributed by atoms with Crippen molar-refractivity contribution in [2.75, 3.05) is 6.54 Å². The minimum absolute atomic E-state index is 0.0293. The summed E-state index contributed by atoms with van der Waals surface area (Å²) in [6.07, 6.45) is 4.13. The fraction of sp³-hybridized carbons (Fsp3) is 0.333. The summed E-state index contributed by atoms with van der Waals surface area (Å²) in [5.41, 5.74) is 2.11. The van der Waals surface area contributed by atoms with Crippen molar-refractivity contribution in [3.8, 4) is 0 Å². The Kier molecular flexibility index (Phi) is 5.08. The van der Waals surface area contributed by atoms with Crippen LogP contribution >= 0.6 is 15.9 Å². The first-order chi connectivity index (χ1) is 11.1. The van der Waals surface area contributed by atoms with Crippen molar-refractivity contribution in [1.82, 2.24) is 9.88 Å². The lowest BCUT2D eigenvalue weighted by atomic mass is 9.99. The van der Waals surface area contributed by atoms with E-state index in [4.69, 9.17) is 0 Å². The van der Waals surface area contributed by atoms with E-state index in [1.165, 1.54) is 0 Å². The molecule has 2 atom stereocenters. The maximum absolute atomic E-state index is 11.6. The Labute approximate surface area is 144 Å². The van der Waals surface area contributed by atoms with Crippen LogP contribution in [0.15, 0.2) is 53.1 Å². The standard InChI is InChI=1S/C18H19BrN2O2/c19-14-8-6-13(7-9-14)17(12-15-4-1-2-10-20-15)21-11-3-5-16(21)18(22)23/h1-2,4,6-10,16-17H,3,5,11-12H2,(H,22,23). The Bertz CT molecular complexity index is 660. The van der Waals surface area contributed by atoms with Gasteiger partial charge in [0.1, 0.15) is 6.04 Å². The molecular formula is C18H19BrN2O2. The normalized spacial score (nSPS) is 19.6. The number of likely N-dealkylation sites (tertiary alicyclic amines) is 1. The van der Waals surface area contributed by atoms with Crippen molar-refractivity contribution in [1.29, 1.82) is 0 Å². The molecule has 23 heavy (non-hydrogen) atoms. The summed E-state index contributed by atoms with van der Waals surface area (Å²) in [6, 6.07) is 13.6. The number of pyridine rings is 1. The average molecular weight is 375 g/mol. The molecular weight excluding hydrogens is 356 g/mol. The lowest BCUT2D eigenvalue weighted by molar-refractivity contribution is -0.143. The van der Waals surface area contributed by atoms with Gasteiger partial charge in [-0.3, -0.25) is 14.7 Å². The lowest BCUT2D eigenvalue weighted by Gasteiger charge is -2.31. The Morgan fingerprint density at radius 3 is 2.74 bits per heavy atom. The summed E-state index contributed by atoms with van der Waals surface area (Å²) >= 11 is 3.46. The van der Waals surface area contributed by atoms with E-state index in [0.29, 0.717) is 12.8 Å².